The summed E-state index contributed by atoms with van der Waals surface area (Å²) in [5, 5.41) is 0. The molecule has 0 aromatic heterocycles. The maximum absolute atomic E-state index is 10.9. The van der Waals surface area contributed by atoms with Gasteiger partial charge in [-0.1, -0.05) is 0 Å². The average Bonchev–Trinajstić information content (AvgIpc) is 2.62. The molecule has 74 valence electrons. The van der Waals surface area contributed by atoms with Crippen LogP contribution in [0.2, 0.25) is 0 Å². The topological polar surface area (TPSA) is 61.8 Å². The van der Waals surface area contributed by atoms with E-state index in [-0.39, 0.29) is 6.61 Å². The van der Waals surface area contributed by atoms with Crippen LogP contribution in [0.25, 0.3) is 0 Å². The number of rotatable bonds is 2. The highest BCUT2D eigenvalue weighted by Crippen LogP contribution is 2.18. The zero-order valence-electron chi connectivity index (χ0n) is 7.48. The first-order chi connectivity index (χ1) is 6.65. The van der Waals surface area contributed by atoms with Gasteiger partial charge in [-0.25, -0.2) is 9.59 Å². The maximum atomic E-state index is 10.9. The predicted molar refractivity (Wildman–Crippen MR) is 43.8 cm³/mol. The molecule has 0 spiro atoms. The van der Waals surface area contributed by atoms with E-state index in [1.165, 1.54) is 6.08 Å². The largest absolute Gasteiger partial charge is 0.454 e. The third kappa shape index (κ3) is 1.61. The molecule has 2 aliphatic heterocycles. The second-order valence-corrected chi connectivity index (χ2v) is 2.96. The number of cyclic esters (lactones) is 2. The van der Waals surface area contributed by atoms with Gasteiger partial charge in [0.2, 0.25) is 0 Å². The molecule has 5 nitrogen and oxygen atoms in total. The summed E-state index contributed by atoms with van der Waals surface area (Å²) in [6, 6.07) is 0. The van der Waals surface area contributed by atoms with Crippen molar-refractivity contribution in [2.24, 2.45) is 0 Å². The summed E-state index contributed by atoms with van der Waals surface area (Å²) in [4.78, 5) is 21.6. The molecule has 0 radical (unpaired) electrons. The van der Waals surface area contributed by atoms with Gasteiger partial charge in [0.1, 0.15) is 12.4 Å². The maximum Gasteiger partial charge on any atom is 0.336 e. The van der Waals surface area contributed by atoms with Gasteiger partial charge in [0.25, 0.3) is 6.29 Å². The van der Waals surface area contributed by atoms with Crippen molar-refractivity contribution in [2.45, 2.75) is 13.2 Å². The minimum absolute atomic E-state index is 0.0970. The zero-order chi connectivity index (χ0) is 10.1. The van der Waals surface area contributed by atoms with Crippen molar-refractivity contribution in [1.29, 1.82) is 0 Å². The van der Waals surface area contributed by atoms with Crippen LogP contribution in [0, 0.1) is 0 Å². The average molecular weight is 196 g/mol. The molecule has 5 heteroatoms. The Morgan fingerprint density at radius 1 is 1.50 bits per heavy atom. The van der Waals surface area contributed by atoms with Gasteiger partial charge in [-0.05, 0) is 6.92 Å². The SMILES string of the molecule is CC1=CC(OC2=CC(=O)OC2)OC1=O. The Hall–Kier alpha value is -1.78. The molecule has 0 N–H and O–H groups in total. The van der Waals surface area contributed by atoms with Crippen molar-refractivity contribution in [1.82, 2.24) is 0 Å². The first-order valence-electron chi connectivity index (χ1n) is 4.08. The minimum Gasteiger partial charge on any atom is -0.454 e. The lowest BCUT2D eigenvalue weighted by molar-refractivity contribution is -0.154. The second-order valence-electron chi connectivity index (χ2n) is 2.96. The van der Waals surface area contributed by atoms with Crippen LogP contribution in [0.15, 0.2) is 23.5 Å². The fourth-order valence-corrected chi connectivity index (χ4v) is 1.14. The molecule has 14 heavy (non-hydrogen) atoms. The molecular formula is C9H8O5. The van der Waals surface area contributed by atoms with E-state index in [0.717, 1.165) is 0 Å². The van der Waals surface area contributed by atoms with Crippen molar-refractivity contribution in [3.8, 4) is 0 Å². The Morgan fingerprint density at radius 2 is 2.29 bits per heavy atom. The Labute approximate surface area is 79.9 Å². The molecule has 0 aromatic rings. The van der Waals surface area contributed by atoms with E-state index in [9.17, 15) is 9.59 Å². The van der Waals surface area contributed by atoms with E-state index in [1.54, 1.807) is 13.0 Å². The Kier molecular flexibility index (Phi) is 1.99. The Balaban J connectivity index is 1.97. The predicted octanol–water partition coefficient (Wildman–Crippen LogP) is 0.273. The van der Waals surface area contributed by atoms with Gasteiger partial charge in [0.05, 0.1) is 6.08 Å². The summed E-state index contributed by atoms with van der Waals surface area (Å²) < 4.78 is 14.6. The van der Waals surface area contributed by atoms with Crippen molar-refractivity contribution in [2.75, 3.05) is 6.61 Å². The molecular weight excluding hydrogens is 188 g/mol. The Morgan fingerprint density at radius 3 is 2.79 bits per heavy atom. The fourth-order valence-electron chi connectivity index (χ4n) is 1.14. The molecule has 0 fully saturated rings. The van der Waals surface area contributed by atoms with E-state index >= 15 is 0 Å². The highest BCUT2D eigenvalue weighted by molar-refractivity contribution is 5.90. The molecule has 0 saturated carbocycles. The van der Waals surface area contributed by atoms with Gasteiger partial charge in [0, 0.05) is 11.6 Å². The van der Waals surface area contributed by atoms with Gasteiger partial charge in [0.15, 0.2) is 0 Å². The van der Waals surface area contributed by atoms with E-state index in [4.69, 9.17) is 9.47 Å². The van der Waals surface area contributed by atoms with Crippen LogP contribution in [-0.4, -0.2) is 24.8 Å². The van der Waals surface area contributed by atoms with Gasteiger partial charge in [-0.3, -0.25) is 0 Å². The number of ether oxygens (including phenoxy) is 3. The van der Waals surface area contributed by atoms with Crippen LogP contribution in [0.4, 0.5) is 0 Å². The van der Waals surface area contributed by atoms with Crippen LogP contribution >= 0.6 is 0 Å². The molecule has 0 aliphatic carbocycles. The van der Waals surface area contributed by atoms with Crippen LogP contribution < -0.4 is 0 Å². The summed E-state index contributed by atoms with van der Waals surface area (Å²) in [5.41, 5.74) is 0.501. The number of esters is 2. The molecule has 2 aliphatic rings. The third-order valence-corrected chi connectivity index (χ3v) is 1.83. The summed E-state index contributed by atoms with van der Waals surface area (Å²) in [6.07, 6.45) is 2.05. The molecule has 2 rings (SSSR count). The second kappa shape index (κ2) is 3.17. The first kappa shape index (κ1) is 8.80. The van der Waals surface area contributed by atoms with Crippen molar-refractivity contribution < 1.29 is 23.8 Å². The number of hydrogen-bond donors (Lipinski definition) is 0. The lowest BCUT2D eigenvalue weighted by Crippen LogP contribution is -2.12. The smallest absolute Gasteiger partial charge is 0.336 e. The van der Waals surface area contributed by atoms with E-state index in [2.05, 4.69) is 4.74 Å². The molecule has 0 amide bonds. The quantitative estimate of drug-likeness (QED) is 0.593. The van der Waals surface area contributed by atoms with Gasteiger partial charge in [-0.15, -0.1) is 0 Å². The number of carbonyl (C=O) groups excluding carboxylic acids is 2. The van der Waals surface area contributed by atoms with Gasteiger partial charge >= 0.3 is 11.9 Å². The summed E-state index contributed by atoms with van der Waals surface area (Å²) >= 11 is 0. The van der Waals surface area contributed by atoms with E-state index in [0.29, 0.717) is 11.3 Å². The van der Waals surface area contributed by atoms with E-state index in [1.807, 2.05) is 0 Å². The summed E-state index contributed by atoms with van der Waals surface area (Å²) in [6.45, 7) is 1.73. The lowest BCUT2D eigenvalue weighted by atomic mass is 10.3. The molecule has 0 bridgehead atoms. The zero-order valence-corrected chi connectivity index (χ0v) is 7.48. The third-order valence-electron chi connectivity index (χ3n) is 1.83. The number of hydrogen-bond acceptors (Lipinski definition) is 5. The van der Waals surface area contributed by atoms with Gasteiger partial charge in [-0.2, -0.15) is 0 Å². The van der Waals surface area contributed by atoms with Crippen LogP contribution in [-0.2, 0) is 23.8 Å². The molecule has 2 heterocycles. The van der Waals surface area contributed by atoms with E-state index < -0.39 is 18.2 Å². The first-order valence-corrected chi connectivity index (χ1v) is 4.08. The summed E-state index contributed by atoms with van der Waals surface area (Å²) in [5.74, 6) is -0.468. The highest BCUT2D eigenvalue weighted by atomic mass is 16.7. The van der Waals surface area contributed by atoms with Crippen LogP contribution in [0.5, 0.6) is 0 Å². The normalized spacial score (nSPS) is 25.4. The Bertz CT molecular complexity index is 352. The van der Waals surface area contributed by atoms with Crippen LogP contribution in [0.1, 0.15) is 6.92 Å². The molecule has 0 saturated heterocycles. The molecule has 1 unspecified atom stereocenters. The van der Waals surface area contributed by atoms with Crippen molar-refractivity contribution >= 4 is 11.9 Å². The van der Waals surface area contributed by atoms with Gasteiger partial charge < -0.3 is 14.2 Å². The number of carbonyl (C=O) groups is 2. The standard InChI is InChI=1S/C9H8O5/c1-5-2-8(14-9(5)11)13-6-3-7(10)12-4-6/h2-3,8H,4H2,1H3. The highest BCUT2D eigenvalue weighted by Gasteiger charge is 2.26. The fraction of sp³-hybridized carbons (Fsp3) is 0.333. The molecule has 1 atom stereocenters. The molecule has 0 aromatic carbocycles. The monoisotopic (exact) mass is 196 g/mol. The summed E-state index contributed by atoms with van der Waals surface area (Å²) in [7, 11) is 0. The van der Waals surface area contributed by atoms with Crippen LogP contribution in [0.3, 0.4) is 0 Å². The van der Waals surface area contributed by atoms with Crippen molar-refractivity contribution in [3.05, 3.63) is 23.5 Å². The lowest BCUT2D eigenvalue weighted by Gasteiger charge is -2.10. The minimum atomic E-state index is -0.733. The van der Waals surface area contributed by atoms with Crippen molar-refractivity contribution in [3.63, 3.8) is 0 Å².